The van der Waals surface area contributed by atoms with Crippen molar-refractivity contribution < 1.29 is 13.9 Å². The number of hydrogen-bond donors (Lipinski definition) is 0. The average molecular weight is 304 g/mol. The van der Waals surface area contributed by atoms with E-state index in [0.717, 1.165) is 12.4 Å². The SMILES string of the molecule is B[C@H]1CC(OCSC)[C@@H](CO[Si](C)(C)C(C)(C)C)O1. The van der Waals surface area contributed by atoms with Crippen LogP contribution >= 0.6 is 11.8 Å². The van der Waals surface area contributed by atoms with Crippen LogP contribution in [0.25, 0.3) is 0 Å². The normalized spacial score (nSPS) is 28.8. The van der Waals surface area contributed by atoms with E-state index >= 15 is 0 Å². The molecule has 112 valence electrons. The fourth-order valence-corrected chi connectivity index (χ4v) is 3.23. The predicted molar refractivity (Wildman–Crippen MR) is 88.2 cm³/mol. The van der Waals surface area contributed by atoms with Gasteiger partial charge in [0, 0.05) is 6.00 Å². The number of thioether (sulfide) groups is 1. The van der Waals surface area contributed by atoms with Gasteiger partial charge < -0.3 is 13.9 Å². The van der Waals surface area contributed by atoms with Crippen molar-refractivity contribution in [1.82, 2.24) is 0 Å². The Morgan fingerprint density at radius 1 is 1.37 bits per heavy atom. The van der Waals surface area contributed by atoms with Crippen LogP contribution in [0, 0.1) is 0 Å². The molecule has 0 amide bonds. The molecule has 0 saturated carbocycles. The van der Waals surface area contributed by atoms with Gasteiger partial charge in [0.1, 0.15) is 14.0 Å². The molecule has 0 bridgehead atoms. The van der Waals surface area contributed by atoms with Crippen LogP contribution in [0.1, 0.15) is 27.2 Å². The Morgan fingerprint density at radius 3 is 2.53 bits per heavy atom. The van der Waals surface area contributed by atoms with Gasteiger partial charge in [-0.25, -0.2) is 0 Å². The molecule has 0 aliphatic carbocycles. The lowest BCUT2D eigenvalue weighted by molar-refractivity contribution is -0.0215. The molecule has 0 N–H and O–H groups in total. The highest BCUT2D eigenvalue weighted by molar-refractivity contribution is 7.98. The Balaban J connectivity index is 2.50. The van der Waals surface area contributed by atoms with Crippen molar-refractivity contribution in [3.63, 3.8) is 0 Å². The summed E-state index contributed by atoms with van der Waals surface area (Å²) >= 11 is 1.71. The molecule has 3 atom stereocenters. The summed E-state index contributed by atoms with van der Waals surface area (Å²) in [4.78, 5) is 0. The monoisotopic (exact) mass is 304 g/mol. The lowest BCUT2D eigenvalue weighted by Crippen LogP contribution is -2.44. The van der Waals surface area contributed by atoms with E-state index in [1.807, 2.05) is 0 Å². The molecule has 0 aromatic heterocycles. The molecular weight excluding hydrogens is 275 g/mol. The van der Waals surface area contributed by atoms with Gasteiger partial charge in [-0.15, -0.1) is 11.8 Å². The molecule has 0 radical (unpaired) electrons. The molecule has 19 heavy (non-hydrogen) atoms. The zero-order chi connectivity index (χ0) is 14.7. The van der Waals surface area contributed by atoms with E-state index < -0.39 is 8.32 Å². The minimum atomic E-state index is -1.70. The Labute approximate surface area is 124 Å². The van der Waals surface area contributed by atoms with E-state index in [9.17, 15) is 0 Å². The summed E-state index contributed by atoms with van der Waals surface area (Å²) in [5.74, 6) is 0.733. The Hall–Kier alpha value is 0.512. The highest BCUT2D eigenvalue weighted by Crippen LogP contribution is 2.37. The van der Waals surface area contributed by atoms with E-state index in [4.69, 9.17) is 13.9 Å². The fourth-order valence-electron chi connectivity index (χ4n) is 1.90. The molecule has 1 unspecified atom stereocenters. The van der Waals surface area contributed by atoms with Crippen molar-refractivity contribution in [2.75, 3.05) is 18.8 Å². The van der Waals surface area contributed by atoms with Gasteiger partial charge in [0.25, 0.3) is 0 Å². The Bertz CT molecular complexity index is 284. The highest BCUT2D eigenvalue weighted by atomic mass is 32.2. The second-order valence-corrected chi connectivity index (χ2v) is 12.5. The summed E-state index contributed by atoms with van der Waals surface area (Å²) in [5, 5.41) is 0.243. The molecule has 0 aromatic carbocycles. The van der Waals surface area contributed by atoms with Crippen molar-refractivity contribution in [1.29, 1.82) is 0 Å². The molecule has 3 nitrogen and oxygen atoms in total. The minimum absolute atomic E-state index is 0.0938. The molecule has 0 aromatic rings. The van der Waals surface area contributed by atoms with Gasteiger partial charge in [-0.2, -0.15) is 0 Å². The van der Waals surface area contributed by atoms with E-state index in [1.54, 1.807) is 11.8 Å². The molecule has 6 heteroatoms. The number of ether oxygens (including phenoxy) is 2. The van der Waals surface area contributed by atoms with E-state index in [0.29, 0.717) is 6.61 Å². The molecule has 1 aliphatic rings. The molecule has 1 saturated heterocycles. The van der Waals surface area contributed by atoms with Crippen LogP contribution in [0.2, 0.25) is 18.1 Å². The topological polar surface area (TPSA) is 27.7 Å². The lowest BCUT2D eigenvalue weighted by atomic mass is 9.96. The van der Waals surface area contributed by atoms with Crippen LogP contribution in [0.4, 0.5) is 0 Å². The first-order valence-electron chi connectivity index (χ1n) is 7.07. The molecule has 1 fully saturated rings. The van der Waals surface area contributed by atoms with Crippen LogP contribution < -0.4 is 0 Å². The maximum Gasteiger partial charge on any atom is 0.192 e. The third-order valence-electron chi connectivity index (χ3n) is 4.20. The van der Waals surface area contributed by atoms with Gasteiger partial charge >= 0.3 is 0 Å². The summed E-state index contributed by atoms with van der Waals surface area (Å²) in [5.41, 5.74) is 0. The second-order valence-electron chi connectivity index (χ2n) is 6.90. The summed E-state index contributed by atoms with van der Waals surface area (Å²) in [6.07, 6.45) is 3.32. The highest BCUT2D eigenvalue weighted by Gasteiger charge is 2.40. The maximum atomic E-state index is 6.26. The smallest absolute Gasteiger partial charge is 0.192 e. The van der Waals surface area contributed by atoms with E-state index in [2.05, 4.69) is 48.0 Å². The lowest BCUT2D eigenvalue weighted by Gasteiger charge is -2.37. The van der Waals surface area contributed by atoms with Crippen LogP contribution in [0.5, 0.6) is 0 Å². The molecule has 1 aliphatic heterocycles. The zero-order valence-electron chi connectivity index (χ0n) is 13.5. The summed E-state index contributed by atoms with van der Waals surface area (Å²) in [7, 11) is 0.417. The van der Waals surface area contributed by atoms with Crippen molar-refractivity contribution >= 4 is 27.9 Å². The van der Waals surface area contributed by atoms with Crippen LogP contribution in [0.3, 0.4) is 0 Å². The quantitative estimate of drug-likeness (QED) is 0.556. The number of rotatable bonds is 6. The van der Waals surface area contributed by atoms with Crippen molar-refractivity contribution in [2.45, 2.75) is 63.5 Å². The standard InChI is InChI=1S/C13H29BO3SSi/c1-13(2,3)19(5,6)16-8-11-10(15-9-18-4)7-12(14)17-11/h10-12H,7-9,14H2,1-6H3/t10?,11-,12-/m1/s1. The first-order chi connectivity index (χ1) is 8.67. The Kier molecular flexibility index (Phi) is 6.46. The third kappa shape index (κ3) is 5.08. The van der Waals surface area contributed by atoms with E-state index in [1.165, 1.54) is 0 Å². The molecular formula is C13H29BO3SSi. The largest absolute Gasteiger partial charge is 0.414 e. The van der Waals surface area contributed by atoms with Gasteiger partial charge in [-0.3, -0.25) is 0 Å². The van der Waals surface area contributed by atoms with Gasteiger partial charge in [0.05, 0.1) is 18.6 Å². The molecule has 1 heterocycles. The van der Waals surface area contributed by atoms with Crippen molar-refractivity contribution in [3.8, 4) is 0 Å². The molecule has 0 spiro atoms. The van der Waals surface area contributed by atoms with Gasteiger partial charge in [-0.05, 0) is 30.8 Å². The zero-order valence-corrected chi connectivity index (χ0v) is 15.3. The molecule has 1 rings (SSSR count). The fraction of sp³-hybridized carbons (Fsp3) is 1.00. The first kappa shape index (κ1) is 17.6. The summed E-state index contributed by atoms with van der Waals surface area (Å²) in [6.45, 7) is 12.0. The van der Waals surface area contributed by atoms with Gasteiger partial charge in [0.2, 0.25) is 0 Å². The van der Waals surface area contributed by atoms with E-state index in [-0.39, 0.29) is 23.2 Å². The van der Waals surface area contributed by atoms with Gasteiger partial charge in [-0.1, -0.05) is 20.8 Å². The third-order valence-corrected chi connectivity index (χ3v) is 9.07. The average Bonchev–Trinajstić information content (AvgIpc) is 2.63. The second kappa shape index (κ2) is 6.98. The number of hydrogen-bond acceptors (Lipinski definition) is 4. The van der Waals surface area contributed by atoms with Crippen LogP contribution in [-0.2, 0) is 13.9 Å². The summed E-state index contributed by atoms with van der Waals surface area (Å²) in [6, 6.07) is 0.278. The predicted octanol–water partition coefficient (Wildman–Crippen LogP) is 2.46. The Morgan fingerprint density at radius 2 is 2.00 bits per heavy atom. The minimum Gasteiger partial charge on any atom is -0.414 e. The first-order valence-corrected chi connectivity index (χ1v) is 11.4. The van der Waals surface area contributed by atoms with Crippen molar-refractivity contribution in [2.24, 2.45) is 0 Å². The van der Waals surface area contributed by atoms with Crippen LogP contribution in [0.15, 0.2) is 0 Å². The maximum absolute atomic E-state index is 6.26. The van der Waals surface area contributed by atoms with Crippen molar-refractivity contribution in [3.05, 3.63) is 0 Å². The van der Waals surface area contributed by atoms with Gasteiger partial charge in [0.15, 0.2) is 8.32 Å². The van der Waals surface area contributed by atoms with Crippen LogP contribution in [-0.4, -0.2) is 53.2 Å². The summed E-state index contributed by atoms with van der Waals surface area (Å²) < 4.78 is 18.1.